The van der Waals surface area contributed by atoms with Crippen LogP contribution in [0.3, 0.4) is 0 Å². The second-order valence-corrected chi connectivity index (χ2v) is 9.60. The van der Waals surface area contributed by atoms with E-state index in [1.807, 2.05) is 0 Å². The molecule has 0 unspecified atom stereocenters. The molecule has 5 nitrogen and oxygen atoms in total. The Kier molecular flexibility index (Phi) is 7.80. The number of carbonyl (C=O) groups is 1. The summed E-state index contributed by atoms with van der Waals surface area (Å²) >= 11 is 1.09. The summed E-state index contributed by atoms with van der Waals surface area (Å²) in [5.74, 6) is -1.68. The van der Waals surface area contributed by atoms with Gasteiger partial charge in [0.15, 0.2) is 11.6 Å². The van der Waals surface area contributed by atoms with Crippen molar-refractivity contribution in [2.75, 3.05) is 39.8 Å². The molecule has 0 spiro atoms. The van der Waals surface area contributed by atoms with Crippen LogP contribution in [0.5, 0.6) is 5.75 Å². The van der Waals surface area contributed by atoms with Gasteiger partial charge in [0.05, 0.1) is 24.1 Å². The van der Waals surface area contributed by atoms with E-state index >= 15 is 0 Å². The first-order chi connectivity index (χ1) is 17.6. The van der Waals surface area contributed by atoms with Gasteiger partial charge >= 0.3 is 6.18 Å². The number of ether oxygens (including phenoxy) is 1. The minimum absolute atomic E-state index is 0.0375. The predicted molar refractivity (Wildman–Crippen MR) is 129 cm³/mol. The van der Waals surface area contributed by atoms with Gasteiger partial charge < -0.3 is 9.64 Å². The highest BCUT2D eigenvalue weighted by Gasteiger charge is 2.32. The van der Waals surface area contributed by atoms with Crippen LogP contribution in [0.25, 0.3) is 21.6 Å². The number of methoxy groups -OCH3 is 1. The summed E-state index contributed by atoms with van der Waals surface area (Å²) in [4.78, 5) is 17.0. The van der Waals surface area contributed by atoms with Gasteiger partial charge in [-0.15, -0.1) is 11.3 Å². The highest BCUT2D eigenvalue weighted by Crippen LogP contribution is 2.41. The maximum absolute atomic E-state index is 14.5. The quantitative estimate of drug-likeness (QED) is 0.379. The number of hydrogen-bond donors (Lipinski definition) is 0. The van der Waals surface area contributed by atoms with E-state index < -0.39 is 24.4 Å². The standard InChI is InChI=1S/C26H22F5N3O2S/c1-36-22-6-5-17(12-21(22)28)24-19(16-3-4-18(14-32)20(27)11-16)13-23(37-24)25(35)34-8-2-7-33(9-10-34)15-26(29,30)31/h3-6,11-13H,2,7-10,15H2,1H3. The minimum atomic E-state index is -4.32. The molecule has 1 saturated heterocycles. The summed E-state index contributed by atoms with van der Waals surface area (Å²) in [6.45, 7) is -0.311. The maximum Gasteiger partial charge on any atom is 0.401 e. The molecule has 1 fully saturated rings. The van der Waals surface area contributed by atoms with Crippen molar-refractivity contribution in [2.45, 2.75) is 12.6 Å². The van der Waals surface area contributed by atoms with Crippen LogP contribution in [0, 0.1) is 23.0 Å². The maximum atomic E-state index is 14.5. The molecule has 0 bridgehead atoms. The van der Waals surface area contributed by atoms with Crippen LogP contribution < -0.4 is 4.74 Å². The van der Waals surface area contributed by atoms with Gasteiger partial charge in [-0.3, -0.25) is 9.69 Å². The molecule has 0 saturated carbocycles. The van der Waals surface area contributed by atoms with Crippen molar-refractivity contribution >= 4 is 17.2 Å². The van der Waals surface area contributed by atoms with Crippen LogP contribution in [-0.2, 0) is 0 Å². The number of amides is 1. The lowest BCUT2D eigenvalue weighted by Crippen LogP contribution is -2.38. The Labute approximate surface area is 214 Å². The van der Waals surface area contributed by atoms with Crippen molar-refractivity contribution in [3.63, 3.8) is 0 Å². The largest absolute Gasteiger partial charge is 0.494 e. The van der Waals surface area contributed by atoms with Gasteiger partial charge in [0.1, 0.15) is 11.9 Å². The van der Waals surface area contributed by atoms with E-state index in [1.165, 1.54) is 41.2 Å². The number of benzene rings is 2. The van der Waals surface area contributed by atoms with E-state index in [0.717, 1.165) is 11.3 Å². The van der Waals surface area contributed by atoms with E-state index in [2.05, 4.69) is 0 Å². The van der Waals surface area contributed by atoms with Crippen molar-refractivity contribution in [1.29, 1.82) is 5.26 Å². The molecule has 1 aromatic heterocycles. The normalized spacial score (nSPS) is 14.8. The van der Waals surface area contributed by atoms with Crippen LogP contribution in [0.2, 0.25) is 0 Å². The smallest absolute Gasteiger partial charge is 0.401 e. The molecule has 0 radical (unpaired) electrons. The molecule has 3 aromatic rings. The Hall–Kier alpha value is -3.49. The predicted octanol–water partition coefficient (Wildman–Crippen LogP) is 5.95. The van der Waals surface area contributed by atoms with Gasteiger partial charge in [-0.25, -0.2) is 8.78 Å². The summed E-state index contributed by atoms with van der Waals surface area (Å²) in [6, 6.07) is 11.7. The molecule has 0 atom stereocenters. The van der Waals surface area contributed by atoms with E-state index in [1.54, 1.807) is 24.3 Å². The van der Waals surface area contributed by atoms with Crippen LogP contribution in [0.1, 0.15) is 21.7 Å². The summed E-state index contributed by atoms with van der Waals surface area (Å²) in [5.41, 5.74) is 1.16. The first kappa shape index (κ1) is 26.6. The third kappa shape index (κ3) is 6.09. The van der Waals surface area contributed by atoms with E-state index in [9.17, 15) is 26.7 Å². The molecule has 1 amide bonds. The number of nitriles is 1. The first-order valence-corrected chi connectivity index (χ1v) is 12.2. The van der Waals surface area contributed by atoms with E-state index in [-0.39, 0.29) is 41.7 Å². The average Bonchev–Trinajstić information content (AvgIpc) is 3.17. The molecule has 0 N–H and O–H groups in total. The molecule has 11 heteroatoms. The van der Waals surface area contributed by atoms with Crippen LogP contribution in [-0.4, -0.2) is 61.7 Å². The van der Waals surface area contributed by atoms with Gasteiger partial charge in [0.25, 0.3) is 5.91 Å². The number of thiophene rings is 1. The molecule has 1 aliphatic rings. The molecule has 37 heavy (non-hydrogen) atoms. The van der Waals surface area contributed by atoms with Crippen molar-refractivity contribution in [3.8, 4) is 33.4 Å². The molecule has 1 aliphatic heterocycles. The Morgan fingerprint density at radius 3 is 2.41 bits per heavy atom. The number of carbonyl (C=O) groups excluding carboxylic acids is 1. The summed E-state index contributed by atoms with van der Waals surface area (Å²) < 4.78 is 72.4. The van der Waals surface area contributed by atoms with Crippen LogP contribution in [0.4, 0.5) is 22.0 Å². The SMILES string of the molecule is COc1ccc(-c2sc(C(=O)N3CCCN(CC(F)(F)F)CC3)cc2-c2ccc(C#N)c(F)c2)cc1F. The van der Waals surface area contributed by atoms with Crippen molar-refractivity contribution in [3.05, 3.63) is 64.5 Å². The van der Waals surface area contributed by atoms with Gasteiger partial charge in [-0.05, 0) is 53.9 Å². The van der Waals surface area contributed by atoms with Crippen molar-refractivity contribution in [1.82, 2.24) is 9.80 Å². The van der Waals surface area contributed by atoms with E-state index in [0.29, 0.717) is 34.5 Å². The van der Waals surface area contributed by atoms with Crippen LogP contribution in [0.15, 0.2) is 42.5 Å². The molecule has 0 aliphatic carbocycles. The minimum Gasteiger partial charge on any atom is -0.494 e. The number of nitrogens with zero attached hydrogens (tertiary/aromatic N) is 3. The topological polar surface area (TPSA) is 56.6 Å². The molecule has 4 rings (SSSR count). The Morgan fingerprint density at radius 2 is 1.76 bits per heavy atom. The molecule has 194 valence electrons. The molecule has 2 aromatic carbocycles. The lowest BCUT2D eigenvalue weighted by atomic mass is 10.0. The summed E-state index contributed by atoms with van der Waals surface area (Å²) in [5, 5.41) is 9.06. The zero-order valence-electron chi connectivity index (χ0n) is 19.7. The lowest BCUT2D eigenvalue weighted by Gasteiger charge is -2.22. The lowest BCUT2D eigenvalue weighted by molar-refractivity contribution is -0.145. The van der Waals surface area contributed by atoms with Crippen molar-refractivity contribution in [2.24, 2.45) is 0 Å². The Balaban J connectivity index is 1.69. The number of rotatable bonds is 5. The van der Waals surface area contributed by atoms with Gasteiger partial charge in [0.2, 0.25) is 0 Å². The second-order valence-electron chi connectivity index (χ2n) is 8.55. The monoisotopic (exact) mass is 535 g/mol. The fourth-order valence-electron chi connectivity index (χ4n) is 4.25. The third-order valence-corrected chi connectivity index (χ3v) is 7.21. The fraction of sp³-hybridized carbons (Fsp3) is 0.308. The summed E-state index contributed by atoms with van der Waals surface area (Å²) in [6.07, 6.45) is -3.93. The van der Waals surface area contributed by atoms with Crippen molar-refractivity contribution < 1.29 is 31.5 Å². The summed E-state index contributed by atoms with van der Waals surface area (Å²) in [7, 11) is 1.34. The zero-order chi connectivity index (χ0) is 26.7. The average molecular weight is 536 g/mol. The highest BCUT2D eigenvalue weighted by atomic mass is 32.1. The number of alkyl halides is 3. The third-order valence-electron chi connectivity index (χ3n) is 6.04. The number of halogens is 5. The van der Waals surface area contributed by atoms with Crippen LogP contribution >= 0.6 is 11.3 Å². The van der Waals surface area contributed by atoms with Gasteiger partial charge in [-0.1, -0.05) is 6.07 Å². The molecular weight excluding hydrogens is 513 g/mol. The Morgan fingerprint density at radius 1 is 1.03 bits per heavy atom. The van der Waals surface area contributed by atoms with Gasteiger partial charge in [0, 0.05) is 36.6 Å². The molecule has 2 heterocycles. The first-order valence-electron chi connectivity index (χ1n) is 11.4. The van der Waals surface area contributed by atoms with Gasteiger partial charge in [-0.2, -0.15) is 18.4 Å². The van der Waals surface area contributed by atoms with E-state index in [4.69, 9.17) is 10.00 Å². The second kappa shape index (κ2) is 10.9. The Bertz CT molecular complexity index is 1350. The fourth-order valence-corrected chi connectivity index (χ4v) is 5.39. The molecular formula is C26H22F5N3O2S. The zero-order valence-corrected chi connectivity index (χ0v) is 20.6. The number of hydrogen-bond acceptors (Lipinski definition) is 5. The highest BCUT2D eigenvalue weighted by molar-refractivity contribution is 7.18.